The third-order valence-electron chi connectivity index (χ3n) is 11.6. The summed E-state index contributed by atoms with van der Waals surface area (Å²) in [6, 6.07) is 6.53. The van der Waals surface area contributed by atoms with Gasteiger partial charge in [-0.25, -0.2) is 13.4 Å². The molecule has 0 saturated carbocycles. The number of carbonyl (C=O) groups is 6. The Morgan fingerprint density at radius 2 is 1.30 bits per heavy atom. The maximum absolute atomic E-state index is 13.9. The average Bonchev–Trinajstić information content (AvgIpc) is 3.80. The van der Waals surface area contributed by atoms with E-state index in [4.69, 9.17) is 0 Å². The van der Waals surface area contributed by atoms with E-state index in [1.807, 2.05) is 0 Å². The van der Waals surface area contributed by atoms with E-state index in [1.54, 1.807) is 87.7 Å². The zero-order chi connectivity index (χ0) is 51.1. The molecule has 1 saturated heterocycles. The molecule has 1 unspecified atom stereocenters. The van der Waals surface area contributed by atoms with Crippen LogP contribution in [0.1, 0.15) is 39.0 Å². The topological polar surface area (TPSA) is 329 Å². The molecule has 1 aliphatic rings. The summed E-state index contributed by atoms with van der Waals surface area (Å²) in [7, 11) is -4.37. The van der Waals surface area contributed by atoms with Crippen molar-refractivity contribution in [3.8, 4) is 0 Å². The zero-order valence-electron chi connectivity index (χ0n) is 39.8. The number of rotatable bonds is 22. The minimum absolute atomic E-state index is 0. The Bertz CT molecular complexity index is 2650. The number of carboxylic acid groups (broad SMARTS) is 4. The van der Waals surface area contributed by atoms with E-state index in [0.717, 1.165) is 11.1 Å². The molecule has 0 radical (unpaired) electrons. The van der Waals surface area contributed by atoms with Crippen LogP contribution in [0, 0.1) is 20.8 Å². The second kappa shape index (κ2) is 27.1. The number of carboxylic acids is 4. The molecule has 26 heteroatoms. The second-order valence-electron chi connectivity index (χ2n) is 17.1. The number of hydrogen-bond acceptors (Lipinski definition) is 15. The second-order valence-corrected chi connectivity index (χ2v) is 18.8. The summed E-state index contributed by atoms with van der Waals surface area (Å²) in [5.74, 6) is -5.58. The van der Waals surface area contributed by atoms with Gasteiger partial charge in [-0.2, -0.15) is 4.72 Å². The summed E-state index contributed by atoms with van der Waals surface area (Å²) in [5.41, 5.74) is 1.84. The maximum Gasteiger partial charge on any atom is 3.00 e. The van der Waals surface area contributed by atoms with Gasteiger partial charge in [0.15, 0.2) is 5.95 Å². The number of anilines is 1. The summed E-state index contributed by atoms with van der Waals surface area (Å²) >= 11 is 0. The van der Waals surface area contributed by atoms with Crippen LogP contribution < -0.4 is 26.1 Å². The van der Waals surface area contributed by atoms with E-state index in [-0.39, 0.29) is 139 Å². The molecule has 1 aliphatic heterocycles. The molecule has 5 rings (SSSR count). The van der Waals surface area contributed by atoms with E-state index >= 15 is 0 Å². The number of hydrogen-bond donors (Lipinski definition) is 9. The van der Waals surface area contributed by atoms with Gasteiger partial charge in [0.25, 0.3) is 5.91 Å². The fourth-order valence-corrected chi connectivity index (χ4v) is 9.91. The minimum atomic E-state index is -4.37. The van der Waals surface area contributed by atoms with Crippen LogP contribution in [0.15, 0.2) is 58.6 Å². The number of aromatic nitrogens is 3. The van der Waals surface area contributed by atoms with Crippen molar-refractivity contribution in [1.82, 2.24) is 49.5 Å². The van der Waals surface area contributed by atoms with Crippen molar-refractivity contribution >= 4 is 88.4 Å². The molecule has 2 aromatic heterocycles. The molecule has 9 N–H and O–H groups in total. The van der Waals surface area contributed by atoms with E-state index in [1.165, 1.54) is 6.20 Å². The van der Waals surface area contributed by atoms with E-state index in [2.05, 4.69) is 30.6 Å². The SMILES string of the molecule is Cc1cc(C)c(S(=O)(=O)NC(CNC(=O)c2cn(CCCNC(=O)CN3CCN(CC(=O)O)CCN(CC(=O)O)CCN(CC(=O)O)CC3)c3cc(CNc4ncc[nH]4)ccc3c2=O)C(=O)O)c(C)c1.[In+3]. The normalized spacial score (nSPS) is 15.1. The first kappa shape index (κ1) is 57.7. The molecule has 0 aliphatic carbocycles. The number of sulfonamides is 1. The van der Waals surface area contributed by atoms with Crippen LogP contribution >= 0.6 is 0 Å². The van der Waals surface area contributed by atoms with Crippen LogP contribution in [0.25, 0.3) is 10.9 Å². The molecule has 4 aromatic rings. The van der Waals surface area contributed by atoms with Gasteiger partial charge in [0.2, 0.25) is 21.4 Å². The number of carbonyl (C=O) groups excluding carboxylic acids is 2. The van der Waals surface area contributed by atoms with Gasteiger partial charge in [0.05, 0.1) is 36.6 Å². The van der Waals surface area contributed by atoms with Crippen molar-refractivity contribution in [3.05, 3.63) is 87.0 Å². The van der Waals surface area contributed by atoms with E-state index in [0.29, 0.717) is 35.6 Å². The fourth-order valence-electron chi connectivity index (χ4n) is 8.27. The first-order valence-corrected chi connectivity index (χ1v) is 24.0. The van der Waals surface area contributed by atoms with Gasteiger partial charge in [-0.3, -0.25) is 53.2 Å². The Labute approximate surface area is 428 Å². The predicted molar refractivity (Wildman–Crippen MR) is 261 cm³/mol. The van der Waals surface area contributed by atoms with Gasteiger partial charge in [-0.1, -0.05) is 23.8 Å². The standard InChI is InChI=1S/C45H61N11O13S.In/c1-29-19-30(2)42(31(3)20-29)70(68,69)51-35(44(66)67)23-49-43(65)34-24-56(36-21-32(5-6-33(36)41(34)64)22-50-45-47-8-9-48-45)10-4-7-46-37(57)25-52-11-13-53(26-38(58)59)15-17-55(28-40(62)63)18-16-54(14-12-52)27-39(60)61;/h5-6,8-9,19-21,24,35,51H,4,7,10-18,22-23,25-28H2,1-3H3,(H,46,57)(H,49,65)(H,58,59)(H,60,61)(H,62,63)(H,66,67)(H2,47,48,50);/q;+3. The quantitative estimate of drug-likeness (QED) is 0.0427. The monoisotopic (exact) mass is 1110 g/mol. The Hall–Kier alpha value is -5.90. The number of H-pyrrole nitrogens is 1. The summed E-state index contributed by atoms with van der Waals surface area (Å²) in [6.45, 7) is 5.73. The molecule has 2 aromatic carbocycles. The third-order valence-corrected chi connectivity index (χ3v) is 13.3. The molecule has 2 amide bonds. The minimum Gasteiger partial charge on any atom is -0.480 e. The third kappa shape index (κ3) is 17.7. The Kier molecular flexibility index (Phi) is 22.0. The number of imidazole rings is 1. The number of nitrogens with zero attached hydrogens (tertiary/aromatic N) is 6. The Morgan fingerprint density at radius 1 is 0.761 bits per heavy atom. The van der Waals surface area contributed by atoms with Crippen LogP contribution in [0.2, 0.25) is 0 Å². The molecular formula is C45H61InN11O13S+3. The average molecular weight is 1110 g/mol. The van der Waals surface area contributed by atoms with Crippen LogP contribution in [0.4, 0.5) is 5.95 Å². The van der Waals surface area contributed by atoms with Crippen molar-refractivity contribution in [3.63, 3.8) is 0 Å². The van der Waals surface area contributed by atoms with Gasteiger partial charge in [-0.05, 0) is 56.0 Å². The molecular weight excluding hydrogens is 1050 g/mol. The first-order valence-electron chi connectivity index (χ1n) is 22.5. The van der Waals surface area contributed by atoms with Crippen molar-refractivity contribution in [2.45, 2.75) is 51.2 Å². The van der Waals surface area contributed by atoms with Crippen LogP contribution in [-0.4, -0.2) is 222 Å². The van der Waals surface area contributed by atoms with E-state index in [9.17, 15) is 62.4 Å². The number of aliphatic carboxylic acids is 4. The Morgan fingerprint density at radius 3 is 1.79 bits per heavy atom. The number of pyridine rings is 1. The van der Waals surface area contributed by atoms with Crippen molar-refractivity contribution in [1.29, 1.82) is 0 Å². The van der Waals surface area contributed by atoms with Gasteiger partial charge in [-0.15, -0.1) is 0 Å². The van der Waals surface area contributed by atoms with Crippen molar-refractivity contribution < 1.29 is 57.6 Å². The summed E-state index contributed by atoms with van der Waals surface area (Å²) in [5, 5.41) is 47.1. The zero-order valence-corrected chi connectivity index (χ0v) is 44.0. The van der Waals surface area contributed by atoms with Crippen LogP contribution in [0.3, 0.4) is 0 Å². The number of nitrogens with one attached hydrogen (secondary N) is 5. The molecule has 1 atom stereocenters. The number of amides is 2. The maximum atomic E-state index is 13.9. The van der Waals surface area contributed by atoms with Gasteiger partial charge in [0, 0.05) is 103 Å². The predicted octanol–water partition coefficient (Wildman–Crippen LogP) is -0.976. The Balaban J connectivity index is 0.0000110. The smallest absolute Gasteiger partial charge is 0.480 e. The van der Waals surface area contributed by atoms with E-state index < -0.39 is 57.8 Å². The van der Waals surface area contributed by atoms with Gasteiger partial charge < -0.3 is 45.9 Å². The molecule has 1 fully saturated rings. The number of benzene rings is 2. The summed E-state index contributed by atoms with van der Waals surface area (Å²) in [4.78, 5) is 102. The van der Waals surface area contributed by atoms with Crippen LogP contribution in [-0.2, 0) is 47.1 Å². The molecule has 380 valence electrons. The number of aryl methyl sites for hydroxylation is 4. The number of aromatic amines is 1. The largest absolute Gasteiger partial charge is 3.00 e. The summed E-state index contributed by atoms with van der Waals surface area (Å²) in [6.07, 6.45) is 4.85. The van der Waals surface area contributed by atoms with Crippen molar-refractivity contribution in [2.24, 2.45) is 0 Å². The summed E-state index contributed by atoms with van der Waals surface area (Å²) < 4.78 is 30.7. The molecule has 24 nitrogen and oxygen atoms in total. The first-order chi connectivity index (χ1) is 33.2. The van der Waals surface area contributed by atoms with Crippen LogP contribution in [0.5, 0.6) is 0 Å². The fraction of sp³-hybridized carbons (Fsp3) is 0.467. The molecule has 0 spiro atoms. The molecule has 0 bridgehead atoms. The van der Waals surface area contributed by atoms with Gasteiger partial charge >= 0.3 is 49.7 Å². The van der Waals surface area contributed by atoms with Gasteiger partial charge in [0.1, 0.15) is 11.6 Å². The van der Waals surface area contributed by atoms with Crippen molar-refractivity contribution in [2.75, 3.05) is 96.9 Å². The number of fused-ring (bicyclic) bond motifs is 1. The molecule has 71 heavy (non-hydrogen) atoms. The molecule has 3 heterocycles.